The molecule has 0 spiro atoms. The molecule has 0 saturated carbocycles. The number of unbranched alkanes of at least 4 members (excludes halogenated alkanes) is 3. The molecule has 0 amide bonds. The van der Waals surface area contributed by atoms with Gasteiger partial charge in [0, 0.05) is 0 Å². The molecule has 0 aromatic carbocycles. The Labute approximate surface area is 121 Å². The predicted octanol–water partition coefficient (Wildman–Crippen LogP) is 5.45. The summed E-state index contributed by atoms with van der Waals surface area (Å²) in [5, 5.41) is 0. The van der Waals surface area contributed by atoms with E-state index >= 15 is 0 Å². The van der Waals surface area contributed by atoms with Gasteiger partial charge in [0.1, 0.15) is 0 Å². The van der Waals surface area contributed by atoms with Crippen LogP contribution in [0, 0.1) is 0 Å². The van der Waals surface area contributed by atoms with Gasteiger partial charge in [-0.05, 0) is 0 Å². The van der Waals surface area contributed by atoms with E-state index in [0.717, 1.165) is 0 Å². The Kier molecular flexibility index (Phi) is 18.2. The number of hydrogen-bond acceptors (Lipinski definition) is 1. The molecule has 0 fully saturated rings. The third kappa shape index (κ3) is 12.0. The summed E-state index contributed by atoms with van der Waals surface area (Å²) < 4.78 is 12.5. The van der Waals surface area contributed by atoms with Gasteiger partial charge < -0.3 is 0 Å². The molecule has 0 bridgehead atoms. The maximum absolute atomic E-state index is 8.26. The van der Waals surface area contributed by atoms with Crippen LogP contribution in [-0.4, -0.2) is 17.3 Å². The number of halogens is 1. The summed E-state index contributed by atoms with van der Waals surface area (Å²) in [6.07, 6.45) is 8.12. The molecule has 0 rings (SSSR count). The average molecular weight is 437 g/mol. The van der Waals surface area contributed by atoms with Crippen molar-refractivity contribution in [2.75, 3.05) is 0 Å². The van der Waals surface area contributed by atoms with E-state index in [1.54, 1.807) is 0 Å². The van der Waals surface area contributed by atoms with Crippen molar-refractivity contribution in [2.24, 2.45) is 0 Å². The molecule has 0 aromatic heterocycles. The Morgan fingerprint density at radius 2 is 1.06 bits per heavy atom. The molecule has 0 radical (unpaired) electrons. The van der Waals surface area contributed by atoms with Crippen LogP contribution >= 0.6 is 8.92 Å². The van der Waals surface area contributed by atoms with Crippen molar-refractivity contribution in [1.82, 2.24) is 0 Å². The van der Waals surface area contributed by atoms with Crippen LogP contribution in [0.5, 0.6) is 0 Å². The van der Waals surface area contributed by atoms with Crippen LogP contribution in [0.15, 0.2) is 0 Å². The summed E-state index contributed by atoms with van der Waals surface area (Å²) in [4.78, 5) is 0. The average Bonchev–Trinajstić information content (AvgIpc) is 2.34. The Bertz CT molecular complexity index is 125. The molecular formula is C12H27ClMoOSn. The van der Waals surface area contributed by atoms with Crippen molar-refractivity contribution in [1.29, 1.82) is 0 Å². The first kappa shape index (κ1) is 19.9. The Morgan fingerprint density at radius 1 is 0.812 bits per heavy atom. The van der Waals surface area contributed by atoms with E-state index in [4.69, 9.17) is 12.3 Å². The number of hydrogen-bond donors (Lipinski definition) is 0. The molecule has 0 aliphatic heterocycles. The minimum absolute atomic E-state index is 0.700. The van der Waals surface area contributed by atoms with Crippen molar-refractivity contribution in [3.63, 3.8) is 0 Å². The van der Waals surface area contributed by atoms with E-state index in [1.807, 2.05) is 0 Å². The molecule has 16 heavy (non-hydrogen) atoms. The molecule has 0 saturated heterocycles. The summed E-state index contributed by atoms with van der Waals surface area (Å²) in [6.45, 7) is 6.84. The summed E-state index contributed by atoms with van der Waals surface area (Å²) in [5.41, 5.74) is 0. The molecule has 0 atom stereocenters. The zero-order valence-corrected chi connectivity index (χ0v) is 16.7. The molecule has 4 heteroatoms. The van der Waals surface area contributed by atoms with Gasteiger partial charge in [0.05, 0.1) is 0 Å². The Hall–Kier alpha value is 1.58. The van der Waals surface area contributed by atoms with Gasteiger partial charge in [0.2, 0.25) is 0 Å². The Morgan fingerprint density at radius 3 is 1.25 bits per heavy atom. The van der Waals surface area contributed by atoms with Crippen molar-refractivity contribution in [3.8, 4) is 0 Å². The van der Waals surface area contributed by atoms with Crippen LogP contribution in [0.25, 0.3) is 0 Å². The third-order valence-electron chi connectivity index (χ3n) is 2.94. The van der Waals surface area contributed by atoms with E-state index in [-0.39, 0.29) is 0 Å². The van der Waals surface area contributed by atoms with Crippen molar-refractivity contribution >= 4 is 26.2 Å². The monoisotopic (exact) mass is 440 g/mol. The van der Waals surface area contributed by atoms with Crippen molar-refractivity contribution < 1.29 is 23.2 Å². The van der Waals surface area contributed by atoms with Crippen LogP contribution < -0.4 is 0 Å². The van der Waals surface area contributed by atoms with Crippen molar-refractivity contribution in [3.05, 3.63) is 0 Å². The summed E-state index contributed by atoms with van der Waals surface area (Å²) >= 11 is -1.39. The molecule has 0 aliphatic rings. The van der Waals surface area contributed by atoms with Gasteiger partial charge in [-0.15, -0.1) is 0 Å². The zero-order valence-electron chi connectivity index (χ0n) is 11.1. The van der Waals surface area contributed by atoms with Gasteiger partial charge in [0.25, 0.3) is 0 Å². The molecule has 0 unspecified atom stereocenters. The third-order valence-corrected chi connectivity index (χ3v) is 17.4. The first-order valence-corrected chi connectivity index (χ1v) is 17.0. The van der Waals surface area contributed by atoms with Gasteiger partial charge in [0.15, 0.2) is 0 Å². The predicted molar refractivity (Wildman–Crippen MR) is 71.4 cm³/mol. The van der Waals surface area contributed by atoms with Crippen molar-refractivity contribution in [2.45, 2.75) is 72.6 Å². The molecule has 0 aliphatic carbocycles. The molecule has 0 aromatic rings. The van der Waals surface area contributed by atoms with E-state index < -0.39 is 17.3 Å². The summed E-state index contributed by atoms with van der Waals surface area (Å²) in [7, 11) is 6.89. The first-order valence-electron chi connectivity index (χ1n) is 6.54. The van der Waals surface area contributed by atoms with Crippen LogP contribution in [-0.2, 0) is 23.2 Å². The second kappa shape index (κ2) is 14.6. The second-order valence-electron chi connectivity index (χ2n) is 4.46. The number of rotatable bonds is 9. The topological polar surface area (TPSA) is 17.1 Å². The molecular weight excluding hydrogens is 410 g/mol. The standard InChI is InChI=1S/3C4H9.ClH.Mo.O.Sn/c3*1-3-4-2;;;;/h3*1,3-4H2,2H3;1H;;;/q;;;;;;+1/p-1. The van der Waals surface area contributed by atoms with E-state index in [2.05, 4.69) is 20.8 Å². The van der Waals surface area contributed by atoms with Crippen LogP contribution in [0.4, 0.5) is 0 Å². The second-order valence-corrected chi connectivity index (χ2v) is 20.7. The van der Waals surface area contributed by atoms with Gasteiger partial charge in [-0.1, -0.05) is 0 Å². The molecule has 98 valence electrons. The quantitative estimate of drug-likeness (QED) is 0.439. The first-order chi connectivity index (χ1) is 7.68. The normalized spacial score (nSPS) is 10.8. The fraction of sp³-hybridized carbons (Fsp3) is 1.00. The fourth-order valence-electron chi connectivity index (χ4n) is 1.86. The van der Waals surface area contributed by atoms with Gasteiger partial charge in [-0.3, -0.25) is 0 Å². The SMILES string of the molecule is CCC[CH2][Sn]([Cl])([CH2]CCC)[CH2]CCC.[O]=[Mo]. The van der Waals surface area contributed by atoms with Gasteiger partial charge in [-0.25, -0.2) is 0 Å². The maximum atomic E-state index is 8.26. The van der Waals surface area contributed by atoms with E-state index in [0.29, 0.717) is 19.8 Å². The fourth-order valence-corrected chi connectivity index (χ4v) is 15.1. The van der Waals surface area contributed by atoms with E-state index in [9.17, 15) is 0 Å². The minimum atomic E-state index is -2.09. The molecule has 1 nitrogen and oxygen atoms in total. The molecule has 0 N–H and O–H groups in total. The van der Waals surface area contributed by atoms with Gasteiger partial charge in [-0.2, -0.15) is 0 Å². The van der Waals surface area contributed by atoms with Gasteiger partial charge >= 0.3 is 122 Å². The van der Waals surface area contributed by atoms with Crippen LogP contribution in [0.1, 0.15) is 59.3 Å². The summed E-state index contributed by atoms with van der Waals surface area (Å²) in [6, 6.07) is 0. The summed E-state index contributed by atoms with van der Waals surface area (Å²) in [5.74, 6) is 0. The van der Waals surface area contributed by atoms with Crippen LogP contribution in [0.2, 0.25) is 13.3 Å². The molecule has 0 heterocycles. The van der Waals surface area contributed by atoms with E-state index in [1.165, 1.54) is 51.8 Å². The zero-order chi connectivity index (χ0) is 12.9. The van der Waals surface area contributed by atoms with Crippen LogP contribution in [0.3, 0.4) is 0 Å². The Balaban J connectivity index is 0.